The molecule has 4 heteroatoms. The third-order valence-electron chi connectivity index (χ3n) is 2.74. The zero-order valence-electron chi connectivity index (χ0n) is 11.5. The van der Waals surface area contributed by atoms with E-state index in [1.54, 1.807) is 6.20 Å². The predicted molar refractivity (Wildman–Crippen MR) is 81.8 cm³/mol. The van der Waals surface area contributed by atoms with Crippen LogP contribution in [0.3, 0.4) is 0 Å². The van der Waals surface area contributed by atoms with E-state index < -0.39 is 0 Å². The second kappa shape index (κ2) is 9.41. The minimum Gasteiger partial charge on any atom is -0.724 e. The smallest absolute Gasteiger partial charge is 0.724 e. The molecule has 0 atom stereocenters. The molecule has 3 rings (SSSR count). The van der Waals surface area contributed by atoms with Gasteiger partial charge in [0.1, 0.15) is 0 Å². The largest absolute Gasteiger partial charge is 3.00 e. The molecule has 0 spiro atoms. The summed E-state index contributed by atoms with van der Waals surface area (Å²) in [5.74, 6) is 0. The molecular weight excluding hydrogens is 319 g/mol. The van der Waals surface area contributed by atoms with Crippen LogP contribution < -0.4 is 0 Å². The van der Waals surface area contributed by atoms with Gasteiger partial charge in [0, 0.05) is 11.9 Å². The number of nitrogens with zero attached hydrogens (tertiary/aromatic N) is 2. The fourth-order valence-corrected chi connectivity index (χ4v) is 1.86. The van der Waals surface area contributed by atoms with Gasteiger partial charge in [-0.05, 0) is 12.1 Å². The molecule has 1 heterocycles. The second-order valence-electron chi connectivity index (χ2n) is 4.06. The number of pyridine rings is 1. The van der Waals surface area contributed by atoms with Crippen molar-refractivity contribution in [3.8, 4) is 22.4 Å². The summed E-state index contributed by atoms with van der Waals surface area (Å²) < 4.78 is 0. The third kappa shape index (κ3) is 4.78. The summed E-state index contributed by atoms with van der Waals surface area (Å²) in [5.41, 5.74) is 4.04. The van der Waals surface area contributed by atoms with E-state index in [1.165, 1.54) is 0 Å². The van der Waals surface area contributed by atoms with Crippen molar-refractivity contribution in [2.24, 2.45) is 0 Å². The fraction of sp³-hybridized carbons (Fsp3) is 0. The molecule has 2 aromatic carbocycles. The molecule has 0 amide bonds. The van der Waals surface area contributed by atoms with E-state index in [4.69, 9.17) is 10.2 Å². The van der Waals surface area contributed by atoms with Crippen LogP contribution in [0.4, 0.5) is 0 Å². The topological polar surface area (TPSA) is 52.3 Å². The minimum atomic E-state index is 0. The second-order valence-corrected chi connectivity index (χ2v) is 4.06. The van der Waals surface area contributed by atoms with Gasteiger partial charge in [-0.3, -0.25) is 9.78 Å². The van der Waals surface area contributed by atoms with Gasteiger partial charge in [0.2, 0.25) is 0 Å². The molecule has 0 saturated heterocycles. The maximum Gasteiger partial charge on any atom is 3.00 e. The normalized spacial score (nSPS) is 8.73. The Balaban J connectivity index is 0.000000562. The van der Waals surface area contributed by atoms with Gasteiger partial charge in [-0.2, -0.15) is 42.0 Å². The minimum absolute atomic E-state index is 0. The summed E-state index contributed by atoms with van der Waals surface area (Å²) in [6.07, 6.45) is 2.30. The first kappa shape index (κ1) is 17.5. The Morgan fingerprint density at radius 2 is 1.59 bits per heavy atom. The Labute approximate surface area is 139 Å². The molecule has 3 aromatic rings. The van der Waals surface area contributed by atoms with Gasteiger partial charge in [0.15, 0.2) is 0 Å². The van der Waals surface area contributed by atoms with E-state index >= 15 is 0 Å². The average Bonchev–Trinajstić information content (AvgIpc) is 2.57. The van der Waals surface area contributed by atoms with Crippen molar-refractivity contribution in [1.82, 2.24) is 4.98 Å². The van der Waals surface area contributed by atoms with E-state index in [2.05, 4.69) is 17.1 Å². The number of isocyanates is 1. The first-order chi connectivity index (χ1) is 10.3. The Bertz CT molecular complexity index is 670. The van der Waals surface area contributed by atoms with E-state index in [0.717, 1.165) is 22.4 Å². The number of hydrogen-bond donors (Lipinski definition) is 0. The van der Waals surface area contributed by atoms with E-state index in [1.807, 2.05) is 60.7 Å². The van der Waals surface area contributed by atoms with Crippen LogP contribution in [-0.2, 0) is 21.3 Å². The van der Waals surface area contributed by atoms with Crippen LogP contribution in [0.25, 0.3) is 27.8 Å². The summed E-state index contributed by atoms with van der Waals surface area (Å²) in [5, 5.41) is 6.76. The Morgan fingerprint density at radius 3 is 2.23 bits per heavy atom. The fourth-order valence-electron chi connectivity index (χ4n) is 1.86. The maximum atomic E-state index is 8.24. The number of aromatic nitrogens is 1. The van der Waals surface area contributed by atoms with Gasteiger partial charge in [-0.1, -0.05) is 12.1 Å². The van der Waals surface area contributed by atoms with Gasteiger partial charge in [0.25, 0.3) is 0 Å². The molecule has 0 aliphatic carbocycles. The van der Waals surface area contributed by atoms with Crippen LogP contribution in [0.5, 0.6) is 0 Å². The molecule has 0 unspecified atom stereocenters. The van der Waals surface area contributed by atoms with Crippen LogP contribution in [0.2, 0.25) is 0 Å². The van der Waals surface area contributed by atoms with Gasteiger partial charge < -0.3 is 5.41 Å². The van der Waals surface area contributed by atoms with Gasteiger partial charge >= 0.3 is 16.5 Å². The van der Waals surface area contributed by atoms with Crippen LogP contribution in [0, 0.1) is 12.1 Å². The predicted octanol–water partition coefficient (Wildman–Crippen LogP) is 3.91. The van der Waals surface area contributed by atoms with Gasteiger partial charge in [0.05, 0.1) is 0 Å². The van der Waals surface area contributed by atoms with Crippen molar-refractivity contribution in [2.75, 3.05) is 0 Å². The molecule has 0 bridgehead atoms. The zero-order chi connectivity index (χ0) is 14.9. The van der Waals surface area contributed by atoms with Crippen LogP contribution >= 0.6 is 0 Å². The van der Waals surface area contributed by atoms with Crippen molar-refractivity contribution < 1.29 is 21.3 Å². The van der Waals surface area contributed by atoms with Gasteiger partial charge in [-0.15, -0.1) is 23.8 Å². The van der Waals surface area contributed by atoms with Gasteiger partial charge in [-0.25, -0.2) is 5.56 Å². The van der Waals surface area contributed by atoms with Crippen molar-refractivity contribution in [3.05, 3.63) is 84.4 Å². The molecular formula is C18H11N2NiO. The summed E-state index contributed by atoms with van der Waals surface area (Å²) in [6.45, 7) is 0. The first-order valence-electron chi connectivity index (χ1n) is 6.27. The molecule has 1 radical (unpaired) electrons. The van der Waals surface area contributed by atoms with Crippen molar-refractivity contribution in [1.29, 1.82) is 0 Å². The average molecular weight is 330 g/mol. The Morgan fingerprint density at radius 1 is 0.909 bits per heavy atom. The van der Waals surface area contributed by atoms with E-state index in [9.17, 15) is 0 Å². The summed E-state index contributed by atoms with van der Waals surface area (Å²) in [4.78, 5) is 12.6. The third-order valence-corrected chi connectivity index (χ3v) is 2.74. The zero-order valence-corrected chi connectivity index (χ0v) is 12.5. The number of rotatable bonds is 2. The molecule has 0 aliphatic heterocycles. The van der Waals surface area contributed by atoms with Crippen LogP contribution in [-0.4, -0.2) is 11.1 Å². The molecule has 1 aromatic heterocycles. The van der Waals surface area contributed by atoms with E-state index in [0.29, 0.717) is 6.08 Å². The molecule has 0 saturated carbocycles. The summed E-state index contributed by atoms with van der Waals surface area (Å²) in [6, 6.07) is 26.5. The van der Waals surface area contributed by atoms with E-state index in [-0.39, 0.29) is 16.5 Å². The SMILES string of the molecule is [N-]=C=O.[Ni+3].[c-]1ccccc1-c1[c-]c(-c2ccccn2)ccc1. The molecule has 3 nitrogen and oxygen atoms in total. The summed E-state index contributed by atoms with van der Waals surface area (Å²) >= 11 is 0. The number of carbonyl (C=O) groups excluding carboxylic acids is 1. The quantitative estimate of drug-likeness (QED) is 0.310. The van der Waals surface area contributed by atoms with Crippen LogP contribution in [0.1, 0.15) is 0 Å². The molecule has 0 N–H and O–H groups in total. The van der Waals surface area contributed by atoms with Crippen molar-refractivity contribution in [2.45, 2.75) is 0 Å². The van der Waals surface area contributed by atoms with Crippen LogP contribution in [0.15, 0.2) is 66.9 Å². The van der Waals surface area contributed by atoms with Crippen molar-refractivity contribution in [3.63, 3.8) is 0 Å². The first-order valence-corrected chi connectivity index (χ1v) is 6.27. The molecule has 109 valence electrons. The monoisotopic (exact) mass is 329 g/mol. The molecule has 0 aliphatic rings. The molecule has 0 fully saturated rings. The number of hydrogen-bond acceptors (Lipinski definition) is 2. The van der Waals surface area contributed by atoms with Crippen molar-refractivity contribution >= 4 is 6.08 Å². The maximum absolute atomic E-state index is 8.24. The number of benzene rings is 2. The summed E-state index contributed by atoms with van der Waals surface area (Å²) in [7, 11) is 0. The molecule has 22 heavy (non-hydrogen) atoms. The standard InChI is InChI=1S/C17H11N.CNO.Ni/c1-2-7-14(8-3-1)15-9-6-10-16(13-15)17-11-4-5-12-18-17;2-1-3;/h1-7,9-12H;;/q-2;-1;+3. The Kier molecular flexibility index (Phi) is 7.49. The Hall–Kier alpha value is -2.54.